The van der Waals surface area contributed by atoms with Crippen LogP contribution in [-0.2, 0) is 0 Å². The van der Waals surface area contributed by atoms with Gasteiger partial charge in [-0.25, -0.2) is 0 Å². The first-order valence-electron chi connectivity index (χ1n) is 4.50. The normalized spacial score (nSPS) is 11.5. The van der Waals surface area contributed by atoms with E-state index in [-0.39, 0.29) is 0 Å². The highest BCUT2D eigenvalue weighted by Gasteiger charge is 1.98. The number of methoxy groups -OCH3 is 1. The average Bonchev–Trinajstić information content (AvgIpc) is 2.26. The van der Waals surface area contributed by atoms with Gasteiger partial charge in [0.05, 0.1) is 13.3 Å². The fraction of sp³-hybridized carbons (Fsp3) is 0.364. The molecule has 1 aromatic rings. The van der Waals surface area contributed by atoms with Crippen molar-refractivity contribution in [3.63, 3.8) is 0 Å². The summed E-state index contributed by atoms with van der Waals surface area (Å²) in [6.07, 6.45) is 6.78. The number of halogens is 1. The van der Waals surface area contributed by atoms with Crippen LogP contribution in [0.4, 0.5) is 0 Å². The summed E-state index contributed by atoms with van der Waals surface area (Å²) in [5.41, 5.74) is 2.35. The molecule has 2 nitrogen and oxygen atoms in total. The Morgan fingerprint density at radius 1 is 1.57 bits per heavy atom. The molecule has 0 fully saturated rings. The number of ether oxygens (including phenoxy) is 1. The zero-order chi connectivity index (χ0) is 10.4. The van der Waals surface area contributed by atoms with Crippen molar-refractivity contribution in [2.75, 3.05) is 12.4 Å². The minimum Gasteiger partial charge on any atom is -0.495 e. The van der Waals surface area contributed by atoms with E-state index < -0.39 is 0 Å². The van der Waals surface area contributed by atoms with Gasteiger partial charge in [-0.3, -0.25) is 4.98 Å². The Bertz CT molecular complexity index is 323. The lowest BCUT2D eigenvalue weighted by molar-refractivity contribution is 0.412. The number of alkyl halides is 1. The first-order chi connectivity index (χ1) is 6.77. The average molecular weight is 256 g/mol. The van der Waals surface area contributed by atoms with E-state index >= 15 is 0 Å². The van der Waals surface area contributed by atoms with Crippen LogP contribution in [0.1, 0.15) is 18.9 Å². The van der Waals surface area contributed by atoms with E-state index in [0.717, 1.165) is 23.1 Å². The SMILES string of the molecule is COc1cncc(/C(C)=C/CCBr)c1. The Balaban J connectivity index is 2.84. The fourth-order valence-corrected chi connectivity index (χ4v) is 1.36. The van der Waals surface area contributed by atoms with Crippen molar-refractivity contribution in [2.24, 2.45) is 0 Å². The summed E-state index contributed by atoms with van der Waals surface area (Å²) in [5.74, 6) is 0.800. The second-order valence-electron chi connectivity index (χ2n) is 2.98. The number of rotatable bonds is 4. The van der Waals surface area contributed by atoms with E-state index in [1.54, 1.807) is 13.3 Å². The predicted octanol–water partition coefficient (Wildman–Crippen LogP) is 3.28. The lowest BCUT2D eigenvalue weighted by Crippen LogP contribution is -1.87. The molecule has 0 saturated heterocycles. The molecule has 0 spiro atoms. The molecule has 14 heavy (non-hydrogen) atoms. The Hall–Kier alpha value is -0.830. The van der Waals surface area contributed by atoms with Crippen LogP contribution in [0.25, 0.3) is 5.57 Å². The van der Waals surface area contributed by atoms with Crippen molar-refractivity contribution >= 4 is 21.5 Å². The predicted molar refractivity (Wildman–Crippen MR) is 62.9 cm³/mol. The maximum absolute atomic E-state index is 5.11. The summed E-state index contributed by atoms with van der Waals surface area (Å²) >= 11 is 3.39. The topological polar surface area (TPSA) is 22.1 Å². The molecular formula is C11H14BrNO. The highest BCUT2D eigenvalue weighted by molar-refractivity contribution is 9.09. The van der Waals surface area contributed by atoms with Crippen LogP contribution in [0.2, 0.25) is 0 Å². The summed E-state index contributed by atoms with van der Waals surface area (Å²) in [6, 6.07) is 1.99. The van der Waals surface area contributed by atoms with Crippen LogP contribution >= 0.6 is 15.9 Å². The molecule has 0 aliphatic carbocycles. The van der Waals surface area contributed by atoms with Gasteiger partial charge in [-0.15, -0.1) is 0 Å². The minimum absolute atomic E-state index is 0.800. The van der Waals surface area contributed by atoms with Crippen LogP contribution < -0.4 is 4.74 Å². The quantitative estimate of drug-likeness (QED) is 0.771. The summed E-state index contributed by atoms with van der Waals surface area (Å²) in [5, 5.41) is 0.988. The molecule has 0 aromatic carbocycles. The highest BCUT2D eigenvalue weighted by atomic mass is 79.9. The van der Waals surface area contributed by atoms with E-state index in [9.17, 15) is 0 Å². The third-order valence-corrected chi connectivity index (χ3v) is 2.42. The monoisotopic (exact) mass is 255 g/mol. The summed E-state index contributed by atoms with van der Waals surface area (Å²) in [7, 11) is 1.65. The highest BCUT2D eigenvalue weighted by Crippen LogP contribution is 2.18. The van der Waals surface area contributed by atoms with Gasteiger partial charge in [-0.05, 0) is 30.5 Å². The lowest BCUT2D eigenvalue weighted by atomic mass is 10.1. The van der Waals surface area contributed by atoms with Crippen LogP contribution in [0.3, 0.4) is 0 Å². The molecule has 1 rings (SSSR count). The van der Waals surface area contributed by atoms with Crippen LogP contribution in [0.5, 0.6) is 5.75 Å². The molecule has 0 amide bonds. The van der Waals surface area contributed by atoms with Crippen molar-refractivity contribution in [1.82, 2.24) is 4.98 Å². The Labute approximate surface area is 93.1 Å². The van der Waals surface area contributed by atoms with Crippen molar-refractivity contribution in [3.8, 4) is 5.75 Å². The van der Waals surface area contributed by atoms with Gasteiger partial charge < -0.3 is 4.74 Å². The third-order valence-electron chi connectivity index (χ3n) is 1.96. The summed E-state index contributed by atoms with van der Waals surface area (Å²) in [6.45, 7) is 2.08. The van der Waals surface area contributed by atoms with Crippen LogP contribution in [0, 0.1) is 0 Å². The van der Waals surface area contributed by atoms with Gasteiger partial charge in [0.25, 0.3) is 0 Å². The largest absolute Gasteiger partial charge is 0.495 e. The second-order valence-corrected chi connectivity index (χ2v) is 3.77. The van der Waals surface area contributed by atoms with Gasteiger partial charge in [0.2, 0.25) is 0 Å². The van der Waals surface area contributed by atoms with Crippen LogP contribution in [0.15, 0.2) is 24.5 Å². The number of hydrogen-bond donors (Lipinski definition) is 0. The molecule has 0 N–H and O–H groups in total. The van der Waals surface area contributed by atoms with E-state index in [1.165, 1.54) is 5.57 Å². The molecule has 0 radical (unpaired) electrons. The Morgan fingerprint density at radius 3 is 3.00 bits per heavy atom. The molecule has 0 aliphatic rings. The number of hydrogen-bond acceptors (Lipinski definition) is 2. The molecule has 0 bridgehead atoms. The second kappa shape index (κ2) is 5.81. The van der Waals surface area contributed by atoms with Gasteiger partial charge in [-0.1, -0.05) is 22.0 Å². The number of nitrogens with zero attached hydrogens (tertiary/aromatic N) is 1. The van der Waals surface area contributed by atoms with Gasteiger partial charge >= 0.3 is 0 Å². The van der Waals surface area contributed by atoms with Gasteiger partial charge in [0.15, 0.2) is 0 Å². The first kappa shape index (κ1) is 11.2. The van der Waals surface area contributed by atoms with E-state index in [0.29, 0.717) is 0 Å². The molecule has 0 unspecified atom stereocenters. The molecule has 0 aliphatic heterocycles. The number of allylic oxidation sites excluding steroid dienone is 2. The van der Waals surface area contributed by atoms with Crippen molar-refractivity contribution < 1.29 is 4.74 Å². The lowest BCUT2D eigenvalue weighted by Gasteiger charge is -2.03. The van der Waals surface area contributed by atoms with E-state index in [4.69, 9.17) is 4.74 Å². The smallest absolute Gasteiger partial charge is 0.137 e. The Morgan fingerprint density at radius 2 is 2.36 bits per heavy atom. The van der Waals surface area contributed by atoms with Crippen molar-refractivity contribution in [1.29, 1.82) is 0 Å². The molecule has 3 heteroatoms. The van der Waals surface area contributed by atoms with E-state index in [1.807, 2.05) is 12.3 Å². The molecular weight excluding hydrogens is 242 g/mol. The van der Waals surface area contributed by atoms with Gasteiger partial charge in [0.1, 0.15) is 5.75 Å². The minimum atomic E-state index is 0.800. The van der Waals surface area contributed by atoms with Crippen molar-refractivity contribution in [2.45, 2.75) is 13.3 Å². The fourth-order valence-electron chi connectivity index (χ4n) is 1.14. The number of pyridine rings is 1. The molecule has 76 valence electrons. The molecule has 1 heterocycles. The maximum Gasteiger partial charge on any atom is 0.137 e. The van der Waals surface area contributed by atoms with E-state index in [2.05, 4.69) is 33.9 Å². The standard InChI is InChI=1S/C11H14BrNO/c1-9(4-3-5-12)10-6-11(14-2)8-13-7-10/h4,6-8H,3,5H2,1-2H3/b9-4+. The molecule has 0 saturated carbocycles. The van der Waals surface area contributed by atoms with Gasteiger partial charge in [-0.2, -0.15) is 0 Å². The third kappa shape index (κ3) is 3.14. The summed E-state index contributed by atoms with van der Waals surface area (Å²) < 4.78 is 5.11. The molecule has 1 aromatic heterocycles. The van der Waals surface area contributed by atoms with Gasteiger partial charge in [0, 0.05) is 11.5 Å². The zero-order valence-corrected chi connectivity index (χ0v) is 10.0. The number of aromatic nitrogens is 1. The van der Waals surface area contributed by atoms with Crippen LogP contribution in [-0.4, -0.2) is 17.4 Å². The first-order valence-corrected chi connectivity index (χ1v) is 5.62. The summed E-state index contributed by atoms with van der Waals surface area (Å²) in [4.78, 5) is 4.11. The molecule has 0 atom stereocenters. The Kier molecular flexibility index (Phi) is 4.66. The zero-order valence-electron chi connectivity index (χ0n) is 8.46. The maximum atomic E-state index is 5.11. The van der Waals surface area contributed by atoms with Crippen molar-refractivity contribution in [3.05, 3.63) is 30.1 Å².